The third-order valence-corrected chi connectivity index (χ3v) is 3.24. The van der Waals surface area contributed by atoms with Crippen LogP contribution < -0.4 is 4.72 Å². The van der Waals surface area contributed by atoms with E-state index in [2.05, 4.69) is 9.82 Å². The summed E-state index contributed by atoms with van der Waals surface area (Å²) in [6.45, 7) is -0.348. The quantitative estimate of drug-likeness (QED) is 0.821. The van der Waals surface area contributed by atoms with Crippen LogP contribution in [0.15, 0.2) is 33.9 Å². The number of anilines is 1. The zero-order chi connectivity index (χ0) is 12.5. The molecule has 2 aromatic heterocycles. The average molecular weight is 257 g/mol. The molecule has 0 unspecified atom stereocenters. The Kier molecular flexibility index (Phi) is 2.90. The Balaban J connectivity index is 2.24. The van der Waals surface area contributed by atoms with E-state index in [0.29, 0.717) is 0 Å². The molecular weight excluding hydrogens is 246 g/mol. The minimum Gasteiger partial charge on any atom is -0.445 e. The van der Waals surface area contributed by atoms with Gasteiger partial charge < -0.3 is 9.52 Å². The minimum absolute atomic E-state index is 0.186. The molecule has 0 amide bonds. The van der Waals surface area contributed by atoms with Gasteiger partial charge in [0, 0.05) is 19.3 Å². The third-order valence-electron chi connectivity index (χ3n) is 2.01. The highest BCUT2D eigenvalue weighted by molar-refractivity contribution is 7.92. The van der Waals surface area contributed by atoms with Gasteiger partial charge >= 0.3 is 0 Å². The summed E-state index contributed by atoms with van der Waals surface area (Å²) in [6.07, 6.45) is 1.61. The van der Waals surface area contributed by atoms with E-state index in [0.717, 1.165) is 0 Å². The number of hydrogen-bond acceptors (Lipinski definition) is 5. The van der Waals surface area contributed by atoms with Crippen molar-refractivity contribution in [3.8, 4) is 0 Å². The molecule has 0 aliphatic carbocycles. The molecule has 17 heavy (non-hydrogen) atoms. The predicted molar refractivity (Wildman–Crippen MR) is 58.6 cm³/mol. The van der Waals surface area contributed by atoms with E-state index in [4.69, 9.17) is 9.52 Å². The highest BCUT2D eigenvalue weighted by atomic mass is 32.2. The van der Waals surface area contributed by atoms with Gasteiger partial charge in [0.25, 0.3) is 10.0 Å². The Morgan fingerprint density at radius 2 is 2.24 bits per heavy atom. The molecule has 0 bridgehead atoms. The second kappa shape index (κ2) is 4.22. The first-order valence-corrected chi connectivity index (χ1v) is 6.21. The molecule has 0 spiro atoms. The van der Waals surface area contributed by atoms with Crippen LogP contribution in [0.1, 0.15) is 5.76 Å². The van der Waals surface area contributed by atoms with Crippen molar-refractivity contribution in [2.24, 2.45) is 7.05 Å². The monoisotopic (exact) mass is 257 g/mol. The second-order valence-corrected chi connectivity index (χ2v) is 4.97. The van der Waals surface area contributed by atoms with Crippen LogP contribution in [0.4, 0.5) is 5.82 Å². The van der Waals surface area contributed by atoms with Crippen LogP contribution in [0.25, 0.3) is 0 Å². The lowest BCUT2D eigenvalue weighted by atomic mass is 10.5. The molecule has 92 valence electrons. The number of rotatable bonds is 4. The fourth-order valence-corrected chi connectivity index (χ4v) is 2.19. The van der Waals surface area contributed by atoms with Crippen LogP contribution >= 0.6 is 0 Å². The molecule has 0 aliphatic rings. The zero-order valence-electron chi connectivity index (χ0n) is 8.99. The summed E-state index contributed by atoms with van der Waals surface area (Å²) in [5.41, 5.74) is 0. The topological polar surface area (TPSA) is 97.4 Å². The van der Waals surface area contributed by atoms with Gasteiger partial charge in [0.05, 0.1) is 0 Å². The Bertz CT molecular complexity index is 614. The largest absolute Gasteiger partial charge is 0.445 e. The van der Waals surface area contributed by atoms with Crippen LogP contribution in [0.3, 0.4) is 0 Å². The second-order valence-electron chi connectivity index (χ2n) is 3.36. The van der Waals surface area contributed by atoms with Gasteiger partial charge in [-0.25, -0.2) is 0 Å². The van der Waals surface area contributed by atoms with Gasteiger partial charge in [-0.05, 0) is 12.1 Å². The van der Waals surface area contributed by atoms with E-state index >= 15 is 0 Å². The summed E-state index contributed by atoms with van der Waals surface area (Å²) in [4.78, 5) is 0. The lowest BCUT2D eigenvalue weighted by Gasteiger charge is -2.01. The van der Waals surface area contributed by atoms with E-state index in [9.17, 15) is 8.42 Å². The average Bonchev–Trinajstić information content (AvgIpc) is 2.86. The van der Waals surface area contributed by atoms with Crippen molar-refractivity contribution < 1.29 is 17.9 Å². The number of furan rings is 1. The highest BCUT2D eigenvalue weighted by Crippen LogP contribution is 2.17. The third kappa shape index (κ3) is 2.48. The van der Waals surface area contributed by atoms with Crippen molar-refractivity contribution in [1.29, 1.82) is 0 Å². The van der Waals surface area contributed by atoms with Gasteiger partial charge in [-0.15, -0.1) is 0 Å². The van der Waals surface area contributed by atoms with Crippen LogP contribution in [-0.4, -0.2) is 23.3 Å². The molecule has 2 N–H and O–H groups in total. The number of aliphatic hydroxyl groups is 1. The Morgan fingerprint density at radius 1 is 1.47 bits per heavy atom. The van der Waals surface area contributed by atoms with Crippen molar-refractivity contribution in [2.75, 3.05) is 4.72 Å². The molecule has 2 rings (SSSR count). The van der Waals surface area contributed by atoms with Crippen molar-refractivity contribution >= 4 is 15.8 Å². The van der Waals surface area contributed by atoms with Crippen molar-refractivity contribution in [3.05, 3.63) is 30.2 Å². The standard InChI is InChI=1S/C9H11N3O4S/c1-12-5-4-8(10-12)11-17(14,15)9-3-2-7(6-13)16-9/h2-5,13H,6H2,1H3,(H,10,11). The minimum atomic E-state index is -3.79. The van der Waals surface area contributed by atoms with Crippen LogP contribution in [-0.2, 0) is 23.7 Å². The molecule has 0 radical (unpaired) electrons. The molecule has 0 saturated carbocycles. The van der Waals surface area contributed by atoms with Gasteiger partial charge in [0.2, 0.25) is 5.09 Å². The SMILES string of the molecule is Cn1ccc(NS(=O)(=O)c2ccc(CO)o2)n1. The molecular formula is C9H11N3O4S. The fraction of sp³-hybridized carbons (Fsp3) is 0.222. The summed E-state index contributed by atoms with van der Waals surface area (Å²) < 4.78 is 32.3. The number of nitrogens with zero attached hydrogens (tertiary/aromatic N) is 2. The lowest BCUT2D eigenvalue weighted by Crippen LogP contribution is -2.12. The number of aromatic nitrogens is 2. The van der Waals surface area contributed by atoms with Gasteiger partial charge in [-0.3, -0.25) is 9.40 Å². The number of aryl methyl sites for hydroxylation is 1. The number of hydrogen-bond donors (Lipinski definition) is 2. The fourth-order valence-electron chi connectivity index (χ4n) is 1.25. The van der Waals surface area contributed by atoms with Crippen LogP contribution in [0.2, 0.25) is 0 Å². The zero-order valence-corrected chi connectivity index (χ0v) is 9.81. The Labute approximate surface area is 97.7 Å². The summed E-state index contributed by atoms with van der Waals surface area (Å²) >= 11 is 0. The smallest absolute Gasteiger partial charge is 0.296 e. The summed E-state index contributed by atoms with van der Waals surface area (Å²) in [6, 6.07) is 4.19. The maximum Gasteiger partial charge on any atom is 0.296 e. The maximum atomic E-state index is 11.8. The molecule has 2 aromatic rings. The number of aliphatic hydroxyl groups excluding tert-OH is 1. The maximum absolute atomic E-state index is 11.8. The van der Waals surface area contributed by atoms with Gasteiger partial charge in [0.1, 0.15) is 12.4 Å². The van der Waals surface area contributed by atoms with Crippen LogP contribution in [0, 0.1) is 0 Å². The molecule has 0 fully saturated rings. The van der Waals surface area contributed by atoms with E-state index in [-0.39, 0.29) is 23.3 Å². The molecule has 8 heteroatoms. The van der Waals surface area contributed by atoms with Gasteiger partial charge in [-0.2, -0.15) is 13.5 Å². The molecule has 0 saturated heterocycles. The van der Waals surface area contributed by atoms with Gasteiger partial charge in [0.15, 0.2) is 5.82 Å². The molecule has 2 heterocycles. The van der Waals surface area contributed by atoms with Crippen molar-refractivity contribution in [2.45, 2.75) is 11.7 Å². The lowest BCUT2D eigenvalue weighted by molar-refractivity contribution is 0.236. The predicted octanol–water partition coefficient (Wildman–Crippen LogP) is 0.306. The first-order valence-electron chi connectivity index (χ1n) is 4.73. The first kappa shape index (κ1) is 11.7. The Morgan fingerprint density at radius 3 is 2.76 bits per heavy atom. The van der Waals surface area contributed by atoms with Gasteiger partial charge in [-0.1, -0.05) is 0 Å². The van der Waals surface area contributed by atoms with E-state index in [1.807, 2.05) is 0 Å². The Hall–Kier alpha value is -1.80. The molecule has 7 nitrogen and oxygen atoms in total. The van der Waals surface area contributed by atoms with Crippen LogP contribution in [0.5, 0.6) is 0 Å². The summed E-state index contributed by atoms with van der Waals surface area (Å²) in [5, 5.41) is 12.4. The van der Waals surface area contributed by atoms with Crippen molar-refractivity contribution in [1.82, 2.24) is 9.78 Å². The number of sulfonamides is 1. The molecule has 0 aromatic carbocycles. The first-order chi connectivity index (χ1) is 8.01. The molecule has 0 aliphatic heterocycles. The summed E-state index contributed by atoms with van der Waals surface area (Å²) in [5.74, 6) is 0.390. The normalized spacial score (nSPS) is 11.6. The number of nitrogens with one attached hydrogen (secondary N) is 1. The van der Waals surface area contributed by atoms with Crippen molar-refractivity contribution in [3.63, 3.8) is 0 Å². The van der Waals surface area contributed by atoms with E-state index in [1.165, 1.54) is 22.9 Å². The highest BCUT2D eigenvalue weighted by Gasteiger charge is 2.19. The summed E-state index contributed by atoms with van der Waals surface area (Å²) in [7, 11) is -2.12. The van der Waals surface area contributed by atoms with E-state index < -0.39 is 10.0 Å². The van der Waals surface area contributed by atoms with E-state index in [1.54, 1.807) is 13.2 Å². The molecule has 0 atom stereocenters.